The second-order valence-corrected chi connectivity index (χ2v) is 6.49. The monoisotopic (exact) mass is 362 g/mol. The Kier molecular flexibility index (Phi) is 4.07. The summed E-state index contributed by atoms with van der Waals surface area (Å²) >= 11 is 0. The van der Waals surface area contributed by atoms with Crippen molar-refractivity contribution in [3.8, 4) is 39.6 Å². The molecule has 0 saturated heterocycles. The molecule has 0 amide bonds. The molecule has 0 spiro atoms. The molecule has 134 valence electrons. The van der Waals surface area contributed by atoms with Gasteiger partial charge in [-0.15, -0.1) is 0 Å². The largest absolute Gasteiger partial charge is 0.342 e. The fourth-order valence-corrected chi connectivity index (χ4v) is 3.55. The summed E-state index contributed by atoms with van der Waals surface area (Å²) in [5.41, 5.74) is 5.70. The van der Waals surface area contributed by atoms with Gasteiger partial charge in [-0.25, -0.2) is 9.97 Å². The normalized spacial score (nSPS) is 10.9. The lowest BCUT2D eigenvalue weighted by Crippen LogP contribution is -2.02. The second kappa shape index (κ2) is 7.00. The Bertz CT molecular complexity index is 1130. The first-order valence-electron chi connectivity index (χ1n) is 9.19. The summed E-state index contributed by atoms with van der Waals surface area (Å²) < 4.78 is 2.11. The molecule has 0 aliphatic rings. The Morgan fingerprint density at radius 1 is 0.643 bits per heavy atom. The standard InChI is InChI=1S/C24H18N4/c1-3-8-18(9-4-1)20-12-7-13-21(19-10-5-2-6-11-19)22(20)28-17-16-27-24(28)23-25-14-15-26-23/h1-17H,(H,25,26). The third-order valence-corrected chi connectivity index (χ3v) is 4.80. The van der Waals surface area contributed by atoms with Gasteiger partial charge in [0.1, 0.15) is 0 Å². The molecule has 4 nitrogen and oxygen atoms in total. The average molecular weight is 362 g/mol. The highest BCUT2D eigenvalue weighted by Gasteiger charge is 2.18. The van der Waals surface area contributed by atoms with Crippen LogP contribution >= 0.6 is 0 Å². The number of hydrogen-bond acceptors (Lipinski definition) is 2. The van der Waals surface area contributed by atoms with E-state index in [2.05, 4.69) is 86.2 Å². The van der Waals surface area contributed by atoms with Crippen molar-refractivity contribution in [2.45, 2.75) is 0 Å². The molecule has 5 aromatic rings. The molecule has 0 bridgehead atoms. The van der Waals surface area contributed by atoms with Crippen LogP contribution in [-0.2, 0) is 0 Å². The van der Waals surface area contributed by atoms with E-state index in [1.165, 1.54) is 0 Å². The van der Waals surface area contributed by atoms with Crippen molar-refractivity contribution in [3.63, 3.8) is 0 Å². The van der Waals surface area contributed by atoms with E-state index >= 15 is 0 Å². The molecule has 2 heterocycles. The van der Waals surface area contributed by atoms with Crippen molar-refractivity contribution in [2.75, 3.05) is 0 Å². The summed E-state index contributed by atoms with van der Waals surface area (Å²) in [5, 5.41) is 0. The van der Waals surface area contributed by atoms with Crippen LogP contribution in [0.5, 0.6) is 0 Å². The zero-order chi connectivity index (χ0) is 18.8. The zero-order valence-electron chi connectivity index (χ0n) is 15.2. The molecular weight excluding hydrogens is 344 g/mol. The van der Waals surface area contributed by atoms with Crippen LogP contribution < -0.4 is 0 Å². The molecule has 0 aliphatic carbocycles. The van der Waals surface area contributed by atoms with Gasteiger partial charge in [-0.2, -0.15) is 0 Å². The van der Waals surface area contributed by atoms with Crippen LogP contribution in [0.1, 0.15) is 0 Å². The molecule has 0 fully saturated rings. The molecule has 28 heavy (non-hydrogen) atoms. The summed E-state index contributed by atoms with van der Waals surface area (Å²) in [4.78, 5) is 12.2. The van der Waals surface area contributed by atoms with E-state index in [0.29, 0.717) is 0 Å². The minimum Gasteiger partial charge on any atom is -0.342 e. The lowest BCUT2D eigenvalue weighted by Gasteiger charge is -2.18. The van der Waals surface area contributed by atoms with Crippen molar-refractivity contribution < 1.29 is 0 Å². The minimum absolute atomic E-state index is 0.742. The van der Waals surface area contributed by atoms with Gasteiger partial charge in [0.25, 0.3) is 0 Å². The summed E-state index contributed by atoms with van der Waals surface area (Å²) in [6, 6.07) is 27.3. The molecule has 4 heteroatoms. The number of aromatic amines is 1. The van der Waals surface area contributed by atoms with Gasteiger partial charge in [-0.1, -0.05) is 78.9 Å². The lowest BCUT2D eigenvalue weighted by atomic mass is 9.95. The molecule has 0 saturated carbocycles. The van der Waals surface area contributed by atoms with E-state index < -0.39 is 0 Å². The van der Waals surface area contributed by atoms with E-state index in [0.717, 1.165) is 39.6 Å². The van der Waals surface area contributed by atoms with Gasteiger partial charge >= 0.3 is 0 Å². The van der Waals surface area contributed by atoms with Crippen LogP contribution in [0.3, 0.4) is 0 Å². The van der Waals surface area contributed by atoms with Gasteiger partial charge in [-0.05, 0) is 11.1 Å². The van der Waals surface area contributed by atoms with Crippen LogP contribution in [-0.4, -0.2) is 19.5 Å². The molecule has 1 N–H and O–H groups in total. The minimum atomic E-state index is 0.742. The number of hydrogen-bond donors (Lipinski definition) is 1. The van der Waals surface area contributed by atoms with Gasteiger partial charge < -0.3 is 4.98 Å². The Labute approximate surface area is 163 Å². The van der Waals surface area contributed by atoms with Gasteiger partial charge in [0.05, 0.1) is 5.69 Å². The van der Waals surface area contributed by atoms with Crippen LogP contribution in [0.25, 0.3) is 39.6 Å². The van der Waals surface area contributed by atoms with Crippen LogP contribution in [0.4, 0.5) is 0 Å². The van der Waals surface area contributed by atoms with E-state index in [4.69, 9.17) is 0 Å². The number of rotatable bonds is 4. The average Bonchev–Trinajstić information content (AvgIpc) is 3.46. The third-order valence-electron chi connectivity index (χ3n) is 4.80. The van der Waals surface area contributed by atoms with E-state index in [9.17, 15) is 0 Å². The van der Waals surface area contributed by atoms with E-state index in [1.807, 2.05) is 30.7 Å². The maximum Gasteiger partial charge on any atom is 0.180 e. The molecular formula is C24H18N4. The Hall–Kier alpha value is -3.92. The first-order chi connectivity index (χ1) is 13.9. The number of imidazole rings is 2. The van der Waals surface area contributed by atoms with Gasteiger partial charge in [0, 0.05) is 35.9 Å². The summed E-state index contributed by atoms with van der Waals surface area (Å²) in [5.74, 6) is 1.53. The summed E-state index contributed by atoms with van der Waals surface area (Å²) in [6.07, 6.45) is 7.37. The quantitative estimate of drug-likeness (QED) is 0.452. The van der Waals surface area contributed by atoms with E-state index in [-0.39, 0.29) is 0 Å². The lowest BCUT2D eigenvalue weighted by molar-refractivity contribution is 1.04. The number of benzene rings is 3. The van der Waals surface area contributed by atoms with E-state index in [1.54, 1.807) is 6.20 Å². The highest BCUT2D eigenvalue weighted by Crippen LogP contribution is 2.37. The van der Waals surface area contributed by atoms with Crippen molar-refractivity contribution in [3.05, 3.63) is 104 Å². The zero-order valence-corrected chi connectivity index (χ0v) is 15.2. The molecule has 2 aromatic heterocycles. The SMILES string of the molecule is c1ccc(-c2cccc(-c3ccccc3)c2-n2ccnc2-c2ncc[nH]2)cc1. The van der Waals surface area contributed by atoms with Crippen LogP contribution in [0, 0.1) is 0 Å². The topological polar surface area (TPSA) is 46.5 Å². The fraction of sp³-hybridized carbons (Fsp3) is 0. The maximum atomic E-state index is 4.57. The predicted molar refractivity (Wildman–Crippen MR) is 112 cm³/mol. The number of H-pyrrole nitrogens is 1. The molecule has 0 aliphatic heterocycles. The van der Waals surface area contributed by atoms with Gasteiger partial charge in [-0.3, -0.25) is 4.57 Å². The molecule has 0 radical (unpaired) electrons. The highest BCUT2D eigenvalue weighted by atomic mass is 15.1. The first kappa shape index (κ1) is 16.3. The maximum absolute atomic E-state index is 4.57. The number of aromatic nitrogens is 4. The number of nitrogens with one attached hydrogen (secondary N) is 1. The number of nitrogens with zero attached hydrogens (tertiary/aromatic N) is 3. The van der Waals surface area contributed by atoms with Crippen LogP contribution in [0.15, 0.2) is 104 Å². The Morgan fingerprint density at radius 3 is 1.86 bits per heavy atom. The van der Waals surface area contributed by atoms with Crippen molar-refractivity contribution in [1.82, 2.24) is 19.5 Å². The van der Waals surface area contributed by atoms with Crippen LogP contribution in [0.2, 0.25) is 0 Å². The summed E-state index contributed by atoms with van der Waals surface area (Å²) in [6.45, 7) is 0. The van der Waals surface area contributed by atoms with Gasteiger partial charge in [0.2, 0.25) is 0 Å². The fourth-order valence-electron chi connectivity index (χ4n) is 3.55. The van der Waals surface area contributed by atoms with Crippen molar-refractivity contribution in [2.24, 2.45) is 0 Å². The third kappa shape index (κ3) is 2.81. The molecule has 5 rings (SSSR count). The molecule has 0 atom stereocenters. The predicted octanol–water partition coefficient (Wildman–Crippen LogP) is 5.60. The second-order valence-electron chi connectivity index (χ2n) is 6.49. The first-order valence-corrected chi connectivity index (χ1v) is 9.19. The molecule has 3 aromatic carbocycles. The summed E-state index contributed by atoms with van der Waals surface area (Å²) in [7, 11) is 0. The molecule has 0 unspecified atom stereocenters. The number of para-hydroxylation sites is 1. The van der Waals surface area contributed by atoms with Crippen molar-refractivity contribution in [1.29, 1.82) is 0 Å². The highest BCUT2D eigenvalue weighted by molar-refractivity contribution is 5.86. The Balaban J connectivity index is 1.82. The van der Waals surface area contributed by atoms with Crippen molar-refractivity contribution >= 4 is 0 Å². The Morgan fingerprint density at radius 2 is 1.29 bits per heavy atom. The van der Waals surface area contributed by atoms with Gasteiger partial charge in [0.15, 0.2) is 11.6 Å². The smallest absolute Gasteiger partial charge is 0.180 e.